The van der Waals surface area contributed by atoms with Crippen LogP contribution in [0.5, 0.6) is 5.75 Å². The molecule has 0 atom stereocenters. The van der Waals surface area contributed by atoms with Crippen molar-refractivity contribution in [1.82, 2.24) is 9.36 Å². The van der Waals surface area contributed by atoms with Crippen LogP contribution in [0, 0.1) is 18.3 Å². The number of aromatic nitrogens is 2. The first-order valence-corrected chi connectivity index (χ1v) is 11.7. The van der Waals surface area contributed by atoms with E-state index >= 15 is 0 Å². The summed E-state index contributed by atoms with van der Waals surface area (Å²) in [6.45, 7) is 2.45. The topological polar surface area (TPSA) is 122 Å². The van der Waals surface area contributed by atoms with Gasteiger partial charge in [0.1, 0.15) is 24.0 Å². The minimum absolute atomic E-state index is 0.00794. The molecule has 0 saturated carbocycles. The van der Waals surface area contributed by atoms with Crippen molar-refractivity contribution in [3.63, 3.8) is 0 Å². The van der Waals surface area contributed by atoms with Crippen LogP contribution in [0.4, 0.5) is 5.13 Å². The molecule has 0 radical (unpaired) electrons. The summed E-state index contributed by atoms with van der Waals surface area (Å²) in [4.78, 5) is 16.1. The van der Waals surface area contributed by atoms with E-state index in [0.717, 1.165) is 23.4 Å². The van der Waals surface area contributed by atoms with E-state index in [1.165, 1.54) is 11.6 Å². The molecule has 0 saturated heterocycles. The number of nitriles is 1. The van der Waals surface area contributed by atoms with Crippen LogP contribution in [-0.2, 0) is 21.2 Å². The zero-order valence-electron chi connectivity index (χ0n) is 16.7. The first-order valence-electron chi connectivity index (χ1n) is 9.00. The van der Waals surface area contributed by atoms with Gasteiger partial charge in [-0.2, -0.15) is 14.6 Å². The molecule has 1 heterocycles. The Morgan fingerprint density at radius 3 is 2.45 bits per heavy atom. The second-order valence-corrected chi connectivity index (χ2v) is 9.28. The molecule has 31 heavy (non-hydrogen) atoms. The Labute approximate surface area is 183 Å². The fraction of sp³-hybridized carbons (Fsp3) is 0.143. The molecular formula is C21H18N4O4S2. The SMILES string of the molecule is Cc1ccc(COc2ccc(C=C(C#N)C(=O)Nc3nc(S(C)(=O)=O)ns3)cc2)cc1. The maximum absolute atomic E-state index is 12.3. The van der Waals surface area contributed by atoms with Crippen molar-refractivity contribution in [3.05, 3.63) is 70.8 Å². The number of amides is 1. The first kappa shape index (κ1) is 22.1. The summed E-state index contributed by atoms with van der Waals surface area (Å²) in [6, 6.07) is 16.8. The summed E-state index contributed by atoms with van der Waals surface area (Å²) in [5, 5.41) is 11.3. The summed E-state index contributed by atoms with van der Waals surface area (Å²) in [6.07, 6.45) is 2.38. The van der Waals surface area contributed by atoms with Crippen molar-refractivity contribution in [2.24, 2.45) is 0 Å². The second-order valence-electron chi connectivity index (χ2n) is 6.62. The number of benzene rings is 2. The minimum atomic E-state index is -3.58. The Balaban J connectivity index is 1.64. The van der Waals surface area contributed by atoms with Crippen LogP contribution in [0.3, 0.4) is 0 Å². The van der Waals surface area contributed by atoms with E-state index in [2.05, 4.69) is 14.7 Å². The molecule has 0 bridgehead atoms. The molecule has 3 aromatic rings. The third-order valence-corrected chi connectivity index (χ3v) is 5.63. The van der Waals surface area contributed by atoms with Gasteiger partial charge in [0.15, 0.2) is 0 Å². The molecule has 1 N–H and O–H groups in total. The predicted molar refractivity (Wildman–Crippen MR) is 117 cm³/mol. The number of hydrogen-bond acceptors (Lipinski definition) is 8. The van der Waals surface area contributed by atoms with Crippen molar-refractivity contribution < 1.29 is 17.9 Å². The largest absolute Gasteiger partial charge is 0.489 e. The van der Waals surface area contributed by atoms with Crippen molar-refractivity contribution in [2.75, 3.05) is 11.6 Å². The average Bonchev–Trinajstić information content (AvgIpc) is 3.21. The Morgan fingerprint density at radius 2 is 1.87 bits per heavy atom. The van der Waals surface area contributed by atoms with Gasteiger partial charge in [-0.3, -0.25) is 10.1 Å². The van der Waals surface area contributed by atoms with Crippen LogP contribution < -0.4 is 10.1 Å². The number of nitrogens with zero attached hydrogens (tertiary/aromatic N) is 3. The molecule has 2 aromatic carbocycles. The first-order chi connectivity index (χ1) is 14.7. The highest BCUT2D eigenvalue weighted by molar-refractivity contribution is 7.90. The molecule has 0 aliphatic rings. The monoisotopic (exact) mass is 454 g/mol. The third kappa shape index (κ3) is 6.21. The number of sulfone groups is 1. The van der Waals surface area contributed by atoms with E-state index in [1.807, 2.05) is 37.3 Å². The third-order valence-electron chi connectivity index (χ3n) is 4.04. The number of rotatable bonds is 7. The van der Waals surface area contributed by atoms with Crippen LogP contribution >= 0.6 is 11.5 Å². The molecule has 0 aliphatic heterocycles. The lowest BCUT2D eigenvalue weighted by Crippen LogP contribution is -2.13. The van der Waals surface area contributed by atoms with Gasteiger partial charge in [-0.15, -0.1) is 0 Å². The Kier molecular flexibility index (Phi) is 6.79. The Morgan fingerprint density at radius 1 is 1.19 bits per heavy atom. The van der Waals surface area contributed by atoms with Gasteiger partial charge in [0.25, 0.3) is 11.1 Å². The van der Waals surface area contributed by atoms with Crippen molar-refractivity contribution in [3.8, 4) is 11.8 Å². The summed E-state index contributed by atoms with van der Waals surface area (Å²) in [5.74, 6) is -0.0544. The summed E-state index contributed by atoms with van der Waals surface area (Å²) < 4.78 is 32.3. The van der Waals surface area contributed by atoms with Crippen LogP contribution in [-0.4, -0.2) is 29.9 Å². The molecule has 0 fully saturated rings. The van der Waals surface area contributed by atoms with E-state index in [9.17, 15) is 18.5 Å². The van der Waals surface area contributed by atoms with Crippen LogP contribution in [0.2, 0.25) is 0 Å². The molecule has 1 aromatic heterocycles. The lowest BCUT2D eigenvalue weighted by atomic mass is 10.1. The highest BCUT2D eigenvalue weighted by Gasteiger charge is 2.17. The van der Waals surface area contributed by atoms with Gasteiger partial charge in [-0.1, -0.05) is 42.0 Å². The smallest absolute Gasteiger partial charge is 0.268 e. The zero-order valence-corrected chi connectivity index (χ0v) is 18.3. The van der Waals surface area contributed by atoms with E-state index in [-0.39, 0.29) is 15.9 Å². The van der Waals surface area contributed by atoms with Crippen molar-refractivity contribution in [2.45, 2.75) is 18.7 Å². The summed E-state index contributed by atoms with van der Waals surface area (Å²) >= 11 is 0.720. The van der Waals surface area contributed by atoms with Gasteiger partial charge in [-0.05, 0) is 36.3 Å². The summed E-state index contributed by atoms with van der Waals surface area (Å²) in [5.41, 5.74) is 2.70. The maximum Gasteiger partial charge on any atom is 0.268 e. The lowest BCUT2D eigenvalue weighted by molar-refractivity contribution is -0.112. The fourth-order valence-electron chi connectivity index (χ4n) is 2.40. The van der Waals surface area contributed by atoms with Gasteiger partial charge < -0.3 is 4.74 Å². The van der Waals surface area contributed by atoms with E-state index in [1.54, 1.807) is 24.3 Å². The Hall–Kier alpha value is -3.55. The number of carbonyl (C=O) groups is 1. The van der Waals surface area contributed by atoms with E-state index < -0.39 is 15.7 Å². The highest BCUT2D eigenvalue weighted by Crippen LogP contribution is 2.18. The number of aryl methyl sites for hydroxylation is 1. The van der Waals surface area contributed by atoms with Gasteiger partial charge in [0, 0.05) is 17.8 Å². The van der Waals surface area contributed by atoms with Gasteiger partial charge in [0.05, 0.1) is 0 Å². The molecule has 0 spiro atoms. The number of nitrogens with one attached hydrogen (secondary N) is 1. The molecule has 0 aliphatic carbocycles. The second kappa shape index (κ2) is 9.51. The molecule has 8 nitrogen and oxygen atoms in total. The Bertz CT molecular complexity index is 1260. The number of hydrogen-bond donors (Lipinski definition) is 1. The van der Waals surface area contributed by atoms with Crippen molar-refractivity contribution >= 4 is 38.5 Å². The predicted octanol–water partition coefficient (Wildman–Crippen LogP) is 3.37. The molecule has 158 valence electrons. The molecule has 0 unspecified atom stereocenters. The quantitative estimate of drug-likeness (QED) is 0.429. The average molecular weight is 455 g/mol. The van der Waals surface area contributed by atoms with Crippen LogP contribution in [0.15, 0.2) is 59.3 Å². The van der Waals surface area contributed by atoms with E-state index in [4.69, 9.17) is 4.74 Å². The van der Waals surface area contributed by atoms with Crippen LogP contribution in [0.25, 0.3) is 6.08 Å². The van der Waals surface area contributed by atoms with Gasteiger partial charge >= 0.3 is 0 Å². The number of carbonyl (C=O) groups excluding carboxylic acids is 1. The molecule has 1 amide bonds. The van der Waals surface area contributed by atoms with Crippen molar-refractivity contribution in [1.29, 1.82) is 5.26 Å². The maximum atomic E-state index is 12.3. The standard InChI is InChI=1S/C21H18N4O4S2/c1-14-3-5-16(6-4-14)13-29-18-9-7-15(8-10-18)11-17(12-22)19(26)23-20-24-21(25-30-20)31(2,27)28/h3-11H,13H2,1-2H3,(H,23,24,25,26). The van der Waals surface area contributed by atoms with Gasteiger partial charge in [0.2, 0.25) is 15.0 Å². The minimum Gasteiger partial charge on any atom is -0.489 e. The fourth-order valence-corrected chi connectivity index (χ4v) is 3.84. The molecular weight excluding hydrogens is 436 g/mol. The highest BCUT2D eigenvalue weighted by atomic mass is 32.2. The molecule has 10 heteroatoms. The lowest BCUT2D eigenvalue weighted by Gasteiger charge is -2.07. The van der Waals surface area contributed by atoms with Crippen LogP contribution in [0.1, 0.15) is 16.7 Å². The normalized spacial score (nSPS) is 11.6. The zero-order chi connectivity index (χ0) is 22.4. The van der Waals surface area contributed by atoms with E-state index in [0.29, 0.717) is 17.9 Å². The molecule has 3 rings (SSSR count). The summed E-state index contributed by atoms with van der Waals surface area (Å²) in [7, 11) is -3.58. The number of ether oxygens (including phenoxy) is 1. The van der Waals surface area contributed by atoms with Gasteiger partial charge in [-0.25, -0.2) is 8.42 Å². The number of anilines is 1.